The molecule has 0 saturated carbocycles. The van der Waals surface area contributed by atoms with Gasteiger partial charge in [0.1, 0.15) is 6.79 Å². The first kappa shape index (κ1) is 12.6. The summed E-state index contributed by atoms with van der Waals surface area (Å²) in [5.74, 6) is 1.48. The van der Waals surface area contributed by atoms with Crippen molar-refractivity contribution >= 4 is 0 Å². The van der Waals surface area contributed by atoms with Gasteiger partial charge in [-0.25, -0.2) is 0 Å². The first-order valence-electron chi connectivity index (χ1n) is 6.11. The van der Waals surface area contributed by atoms with Gasteiger partial charge in [0.05, 0.1) is 11.9 Å². The van der Waals surface area contributed by atoms with Crippen molar-refractivity contribution in [2.75, 3.05) is 13.6 Å². The standard InChI is InChI=1S/C13H20O4/c1-9-6-12(16-7-14)10-4-2-3-5-11(10)13(9)17-8-15/h2-3,9,11,13-15H,4-8H2,1H3. The molecule has 4 nitrogen and oxygen atoms in total. The molecule has 0 aliphatic heterocycles. The monoisotopic (exact) mass is 240 g/mol. The Balaban J connectivity index is 2.25. The zero-order valence-electron chi connectivity index (χ0n) is 10.1. The highest BCUT2D eigenvalue weighted by atomic mass is 16.6. The maximum Gasteiger partial charge on any atom is 0.185 e. The van der Waals surface area contributed by atoms with Gasteiger partial charge in [-0.3, -0.25) is 0 Å². The second-order valence-corrected chi connectivity index (χ2v) is 4.68. The van der Waals surface area contributed by atoms with Crippen LogP contribution in [0, 0.1) is 11.8 Å². The minimum Gasteiger partial charge on any atom is -0.472 e. The number of hydrogen-bond donors (Lipinski definition) is 2. The first-order chi connectivity index (χ1) is 8.27. The summed E-state index contributed by atoms with van der Waals surface area (Å²) in [5.41, 5.74) is 1.22. The van der Waals surface area contributed by atoms with Crippen molar-refractivity contribution in [1.82, 2.24) is 0 Å². The van der Waals surface area contributed by atoms with Crippen LogP contribution in [0.5, 0.6) is 0 Å². The van der Waals surface area contributed by atoms with Gasteiger partial charge in [0.2, 0.25) is 0 Å². The highest BCUT2D eigenvalue weighted by molar-refractivity contribution is 5.25. The lowest BCUT2D eigenvalue weighted by Gasteiger charge is -2.39. The SMILES string of the molecule is CC1CC(OCO)=C2CC=CCC2C1OCO. The van der Waals surface area contributed by atoms with Crippen LogP contribution in [0.2, 0.25) is 0 Å². The molecular formula is C13H20O4. The predicted molar refractivity (Wildman–Crippen MR) is 62.8 cm³/mol. The molecule has 3 atom stereocenters. The molecule has 0 heterocycles. The minimum atomic E-state index is -0.270. The van der Waals surface area contributed by atoms with Gasteiger partial charge >= 0.3 is 0 Å². The van der Waals surface area contributed by atoms with E-state index in [2.05, 4.69) is 19.1 Å². The van der Waals surface area contributed by atoms with E-state index in [4.69, 9.17) is 19.7 Å². The molecule has 4 heteroatoms. The molecule has 0 bridgehead atoms. The third kappa shape index (κ3) is 2.54. The number of hydrogen-bond acceptors (Lipinski definition) is 4. The average molecular weight is 240 g/mol. The molecule has 0 spiro atoms. The number of fused-ring (bicyclic) bond motifs is 1. The molecule has 96 valence electrons. The van der Waals surface area contributed by atoms with Gasteiger partial charge in [-0.2, -0.15) is 0 Å². The molecule has 0 aromatic carbocycles. The van der Waals surface area contributed by atoms with E-state index in [1.807, 2.05) is 0 Å². The quantitative estimate of drug-likeness (QED) is 0.578. The van der Waals surface area contributed by atoms with Gasteiger partial charge in [0.15, 0.2) is 6.79 Å². The smallest absolute Gasteiger partial charge is 0.185 e. The molecule has 0 fully saturated rings. The molecule has 0 saturated heterocycles. The molecule has 17 heavy (non-hydrogen) atoms. The van der Waals surface area contributed by atoms with Crippen LogP contribution in [0.3, 0.4) is 0 Å². The van der Waals surface area contributed by atoms with E-state index in [9.17, 15) is 0 Å². The van der Waals surface area contributed by atoms with Gasteiger partial charge in [0, 0.05) is 12.3 Å². The fourth-order valence-corrected chi connectivity index (χ4v) is 2.93. The summed E-state index contributed by atoms with van der Waals surface area (Å²) in [7, 11) is 0. The van der Waals surface area contributed by atoms with Crippen LogP contribution in [0.1, 0.15) is 26.2 Å². The maximum atomic E-state index is 8.97. The molecular weight excluding hydrogens is 220 g/mol. The maximum absolute atomic E-state index is 8.97. The zero-order valence-corrected chi connectivity index (χ0v) is 10.1. The fourth-order valence-electron chi connectivity index (χ4n) is 2.93. The fraction of sp³-hybridized carbons (Fsp3) is 0.692. The van der Waals surface area contributed by atoms with Gasteiger partial charge in [-0.1, -0.05) is 19.1 Å². The number of ether oxygens (including phenoxy) is 2. The van der Waals surface area contributed by atoms with Crippen molar-refractivity contribution in [3.63, 3.8) is 0 Å². The third-order valence-electron chi connectivity index (χ3n) is 3.67. The molecule has 2 aliphatic rings. The van der Waals surface area contributed by atoms with Crippen molar-refractivity contribution in [1.29, 1.82) is 0 Å². The van der Waals surface area contributed by atoms with Gasteiger partial charge in [0.25, 0.3) is 0 Å². The van der Waals surface area contributed by atoms with Crippen LogP contribution in [0.4, 0.5) is 0 Å². The summed E-state index contributed by atoms with van der Waals surface area (Å²) in [5, 5.41) is 17.9. The van der Waals surface area contributed by atoms with E-state index in [1.165, 1.54) is 5.57 Å². The highest BCUT2D eigenvalue weighted by Gasteiger charge is 2.37. The Morgan fingerprint density at radius 2 is 2.12 bits per heavy atom. The average Bonchev–Trinajstić information content (AvgIpc) is 2.34. The highest BCUT2D eigenvalue weighted by Crippen LogP contribution is 2.41. The summed E-state index contributed by atoms with van der Waals surface area (Å²) in [6.07, 6.45) is 6.87. The van der Waals surface area contributed by atoms with Crippen LogP contribution in [-0.2, 0) is 9.47 Å². The Labute approximate surface area is 102 Å². The Hall–Kier alpha value is -0.840. The second kappa shape index (κ2) is 5.67. The van der Waals surface area contributed by atoms with Crippen LogP contribution >= 0.6 is 0 Å². The molecule has 0 radical (unpaired) electrons. The Morgan fingerprint density at radius 3 is 2.82 bits per heavy atom. The van der Waals surface area contributed by atoms with Crippen LogP contribution < -0.4 is 0 Å². The lowest BCUT2D eigenvalue weighted by Crippen LogP contribution is -2.37. The predicted octanol–water partition coefficient (Wildman–Crippen LogP) is 1.55. The van der Waals surface area contributed by atoms with Gasteiger partial charge < -0.3 is 19.7 Å². The van der Waals surface area contributed by atoms with Crippen molar-refractivity contribution in [2.24, 2.45) is 11.8 Å². The van der Waals surface area contributed by atoms with Crippen molar-refractivity contribution in [3.8, 4) is 0 Å². The summed E-state index contributed by atoms with van der Waals surface area (Å²) in [6.45, 7) is 1.59. The largest absolute Gasteiger partial charge is 0.472 e. The van der Waals surface area contributed by atoms with Gasteiger partial charge in [-0.15, -0.1) is 0 Å². The topological polar surface area (TPSA) is 58.9 Å². The zero-order chi connectivity index (χ0) is 12.3. The van der Waals surface area contributed by atoms with Crippen LogP contribution in [0.15, 0.2) is 23.5 Å². The molecule has 0 aromatic heterocycles. The number of allylic oxidation sites excluding steroid dienone is 3. The van der Waals surface area contributed by atoms with E-state index in [-0.39, 0.29) is 25.6 Å². The minimum absolute atomic E-state index is 0.0472. The summed E-state index contributed by atoms with van der Waals surface area (Å²) >= 11 is 0. The van der Waals surface area contributed by atoms with Gasteiger partial charge in [-0.05, 0) is 24.3 Å². The molecule has 0 aromatic rings. The Kier molecular flexibility index (Phi) is 4.20. The van der Waals surface area contributed by atoms with E-state index < -0.39 is 0 Å². The van der Waals surface area contributed by atoms with Crippen LogP contribution in [-0.4, -0.2) is 29.9 Å². The van der Waals surface area contributed by atoms with Crippen molar-refractivity contribution < 1.29 is 19.7 Å². The lowest BCUT2D eigenvalue weighted by molar-refractivity contribution is -0.0987. The van der Waals surface area contributed by atoms with E-state index in [1.54, 1.807) is 0 Å². The van der Waals surface area contributed by atoms with Crippen molar-refractivity contribution in [2.45, 2.75) is 32.3 Å². The molecule has 2 N–H and O–H groups in total. The normalized spacial score (nSPS) is 32.5. The first-order valence-corrected chi connectivity index (χ1v) is 6.11. The molecule has 3 unspecified atom stereocenters. The van der Waals surface area contributed by atoms with Crippen LogP contribution in [0.25, 0.3) is 0 Å². The summed E-state index contributed by atoms with van der Waals surface area (Å²) in [6, 6.07) is 0. The number of aliphatic hydroxyl groups excluding tert-OH is 2. The molecule has 0 amide bonds. The van der Waals surface area contributed by atoms with E-state index in [0.717, 1.165) is 25.0 Å². The second-order valence-electron chi connectivity index (χ2n) is 4.68. The lowest BCUT2D eigenvalue weighted by atomic mass is 9.73. The Bertz CT molecular complexity index is 321. The molecule has 2 rings (SSSR count). The third-order valence-corrected chi connectivity index (χ3v) is 3.67. The van der Waals surface area contributed by atoms with E-state index >= 15 is 0 Å². The molecule has 2 aliphatic carbocycles. The summed E-state index contributed by atoms with van der Waals surface area (Å²) < 4.78 is 10.8. The van der Waals surface area contributed by atoms with Crippen molar-refractivity contribution in [3.05, 3.63) is 23.5 Å². The Morgan fingerprint density at radius 1 is 1.29 bits per heavy atom. The number of rotatable bonds is 4. The summed E-state index contributed by atoms with van der Waals surface area (Å²) in [4.78, 5) is 0. The number of aliphatic hydroxyl groups is 2. The van der Waals surface area contributed by atoms with E-state index in [0.29, 0.717) is 5.92 Å².